The Morgan fingerprint density at radius 2 is 1.67 bits per heavy atom. The summed E-state index contributed by atoms with van der Waals surface area (Å²) in [7, 11) is 0. The van der Waals surface area contributed by atoms with Crippen LogP contribution in [0, 0.1) is 11.8 Å². The zero-order valence-electron chi connectivity index (χ0n) is 16.3. The molecule has 0 saturated carbocycles. The molecule has 144 valence electrons. The molecule has 0 unspecified atom stereocenters. The second-order valence-corrected chi connectivity index (χ2v) is 8.37. The summed E-state index contributed by atoms with van der Waals surface area (Å²) in [4.78, 5) is 4.64. The number of thiazole rings is 1. The fourth-order valence-corrected chi connectivity index (χ4v) is 4.49. The third kappa shape index (κ3) is 3.91. The predicted octanol–water partition coefficient (Wildman–Crippen LogP) is 6.34. The first-order valence-corrected chi connectivity index (χ1v) is 10.7. The number of hydrogen-bond donors (Lipinski definition) is 1. The Labute approximate surface area is 179 Å². The normalized spacial score (nSPS) is 10.8. The number of fused-ring (bicyclic) bond motifs is 2. The molecule has 0 aliphatic rings. The lowest BCUT2D eigenvalue weighted by atomic mass is 9.99. The Hall–Kier alpha value is -3.61. The smallest absolute Gasteiger partial charge is 0.119 e. The molecule has 1 N–H and O–H groups in total. The van der Waals surface area contributed by atoms with Crippen molar-refractivity contribution in [1.82, 2.24) is 4.98 Å². The van der Waals surface area contributed by atoms with Crippen molar-refractivity contribution in [3.63, 3.8) is 0 Å². The van der Waals surface area contributed by atoms with Gasteiger partial charge in [-0.05, 0) is 58.3 Å². The summed E-state index contributed by atoms with van der Waals surface area (Å²) in [5.74, 6) is 6.86. The Balaban J connectivity index is 1.40. The van der Waals surface area contributed by atoms with Gasteiger partial charge in [0.15, 0.2) is 0 Å². The van der Waals surface area contributed by atoms with Gasteiger partial charge in [0, 0.05) is 12.0 Å². The first-order valence-electron chi connectivity index (χ1n) is 9.87. The monoisotopic (exact) mass is 405 g/mol. The average molecular weight is 406 g/mol. The van der Waals surface area contributed by atoms with E-state index in [1.165, 1.54) is 10.3 Å². The lowest BCUT2D eigenvalue weighted by molar-refractivity contribution is 0.470. The van der Waals surface area contributed by atoms with Crippen molar-refractivity contribution in [2.75, 3.05) is 0 Å². The van der Waals surface area contributed by atoms with Crippen molar-refractivity contribution in [2.45, 2.75) is 12.8 Å². The molecule has 0 fully saturated rings. The third-order valence-corrected chi connectivity index (χ3v) is 6.12. The van der Waals surface area contributed by atoms with Gasteiger partial charge in [0.1, 0.15) is 10.8 Å². The first kappa shape index (κ1) is 18.4. The maximum absolute atomic E-state index is 10.4. The molecule has 0 bridgehead atoms. The number of phenolic OH excluding ortho intramolecular Hbond substituents is 1. The number of benzene rings is 4. The quantitative estimate of drug-likeness (QED) is 0.355. The fourth-order valence-electron chi connectivity index (χ4n) is 3.59. The Bertz CT molecular complexity index is 1370. The second-order valence-electron chi connectivity index (χ2n) is 7.26. The highest BCUT2D eigenvalue weighted by molar-refractivity contribution is 7.18. The summed E-state index contributed by atoms with van der Waals surface area (Å²) in [5, 5.41) is 13.6. The molecule has 30 heavy (non-hydrogen) atoms. The van der Waals surface area contributed by atoms with Gasteiger partial charge in [-0.2, -0.15) is 0 Å². The maximum atomic E-state index is 10.4. The van der Waals surface area contributed by atoms with E-state index in [1.807, 2.05) is 54.6 Å². The molecule has 0 spiro atoms. The van der Waals surface area contributed by atoms with E-state index in [0.29, 0.717) is 18.6 Å². The molecule has 1 aromatic heterocycles. The topological polar surface area (TPSA) is 33.1 Å². The molecular formula is C27H19NOS. The van der Waals surface area contributed by atoms with Crippen LogP contribution in [0.4, 0.5) is 0 Å². The number of aromatic hydroxyl groups is 1. The van der Waals surface area contributed by atoms with Crippen LogP contribution in [-0.2, 0) is 12.8 Å². The van der Waals surface area contributed by atoms with E-state index in [1.54, 1.807) is 11.3 Å². The van der Waals surface area contributed by atoms with E-state index in [0.717, 1.165) is 32.4 Å². The van der Waals surface area contributed by atoms with Crippen LogP contribution in [0.2, 0.25) is 0 Å². The molecule has 0 aliphatic heterocycles. The van der Waals surface area contributed by atoms with Crippen molar-refractivity contribution in [1.29, 1.82) is 0 Å². The van der Waals surface area contributed by atoms with Crippen LogP contribution < -0.4 is 0 Å². The largest absolute Gasteiger partial charge is 0.508 e. The predicted molar refractivity (Wildman–Crippen MR) is 125 cm³/mol. The van der Waals surface area contributed by atoms with Gasteiger partial charge in [0.25, 0.3) is 0 Å². The highest BCUT2D eigenvalue weighted by Gasteiger charge is 2.06. The van der Waals surface area contributed by atoms with Crippen LogP contribution >= 0.6 is 11.3 Å². The Morgan fingerprint density at radius 1 is 0.833 bits per heavy atom. The van der Waals surface area contributed by atoms with Gasteiger partial charge >= 0.3 is 0 Å². The fraction of sp³-hybridized carbons (Fsp3) is 0.0741. The van der Waals surface area contributed by atoms with Crippen LogP contribution in [0.15, 0.2) is 84.9 Å². The summed E-state index contributed by atoms with van der Waals surface area (Å²) < 4.78 is 1.20. The van der Waals surface area contributed by atoms with Crippen molar-refractivity contribution in [2.24, 2.45) is 0 Å². The number of rotatable bonds is 3. The lowest BCUT2D eigenvalue weighted by Gasteiger charge is -2.08. The van der Waals surface area contributed by atoms with E-state index in [4.69, 9.17) is 0 Å². The molecule has 1 heterocycles. The molecule has 5 rings (SSSR count). The SMILES string of the molecule is Oc1cc2ccc(C#CCc3nc4ccccc4s3)cc2cc1Cc1ccccc1. The molecule has 0 atom stereocenters. The van der Waals surface area contributed by atoms with Crippen LogP contribution in [0.3, 0.4) is 0 Å². The molecule has 4 aromatic carbocycles. The van der Waals surface area contributed by atoms with E-state index in [2.05, 4.69) is 47.2 Å². The summed E-state index contributed by atoms with van der Waals surface area (Å²) in [6, 6.07) is 28.4. The average Bonchev–Trinajstić information content (AvgIpc) is 3.18. The Morgan fingerprint density at radius 3 is 2.53 bits per heavy atom. The molecule has 0 aliphatic carbocycles. The van der Waals surface area contributed by atoms with Gasteiger partial charge in [-0.1, -0.05) is 60.4 Å². The highest BCUT2D eigenvalue weighted by atomic mass is 32.1. The van der Waals surface area contributed by atoms with Crippen molar-refractivity contribution in [3.05, 3.63) is 107 Å². The van der Waals surface area contributed by atoms with Crippen molar-refractivity contribution in [3.8, 4) is 17.6 Å². The van der Waals surface area contributed by atoms with Gasteiger partial charge in [-0.25, -0.2) is 4.98 Å². The molecule has 2 nitrogen and oxygen atoms in total. The highest BCUT2D eigenvalue weighted by Crippen LogP contribution is 2.28. The zero-order chi connectivity index (χ0) is 20.3. The molecule has 0 amide bonds. The van der Waals surface area contributed by atoms with E-state index >= 15 is 0 Å². The first-order chi connectivity index (χ1) is 14.7. The molecule has 0 saturated heterocycles. The molecule has 0 radical (unpaired) electrons. The van der Waals surface area contributed by atoms with Crippen LogP contribution in [0.1, 0.15) is 21.7 Å². The number of phenols is 1. The van der Waals surface area contributed by atoms with E-state index in [9.17, 15) is 5.11 Å². The van der Waals surface area contributed by atoms with Crippen LogP contribution in [-0.4, -0.2) is 10.1 Å². The van der Waals surface area contributed by atoms with Crippen molar-refractivity contribution < 1.29 is 5.11 Å². The van der Waals surface area contributed by atoms with Gasteiger partial charge in [-0.3, -0.25) is 0 Å². The number of para-hydroxylation sites is 1. The summed E-state index contributed by atoms with van der Waals surface area (Å²) in [6.07, 6.45) is 1.35. The zero-order valence-corrected chi connectivity index (χ0v) is 17.1. The minimum Gasteiger partial charge on any atom is -0.508 e. The van der Waals surface area contributed by atoms with Gasteiger partial charge in [0.2, 0.25) is 0 Å². The van der Waals surface area contributed by atoms with E-state index < -0.39 is 0 Å². The van der Waals surface area contributed by atoms with Crippen LogP contribution in [0.5, 0.6) is 5.75 Å². The third-order valence-electron chi connectivity index (χ3n) is 5.09. The summed E-state index contributed by atoms with van der Waals surface area (Å²) in [5.41, 5.74) is 4.11. The van der Waals surface area contributed by atoms with Crippen LogP contribution in [0.25, 0.3) is 21.0 Å². The standard InChI is InChI=1S/C27H19NOS/c29-25-18-21-14-13-20(9-6-12-27-28-24-10-4-5-11-26(24)30-27)15-22(21)17-23(25)16-19-7-2-1-3-8-19/h1-5,7-8,10-11,13-15,17-18,29H,12,16H2. The van der Waals surface area contributed by atoms with Gasteiger partial charge < -0.3 is 5.11 Å². The summed E-state index contributed by atoms with van der Waals surface area (Å²) >= 11 is 1.70. The maximum Gasteiger partial charge on any atom is 0.119 e. The minimum atomic E-state index is 0.334. The molecule has 5 aromatic rings. The van der Waals surface area contributed by atoms with Gasteiger partial charge in [-0.15, -0.1) is 11.3 Å². The van der Waals surface area contributed by atoms with Gasteiger partial charge in [0.05, 0.1) is 16.6 Å². The van der Waals surface area contributed by atoms with Crippen molar-refractivity contribution >= 4 is 32.3 Å². The molecular weight excluding hydrogens is 386 g/mol. The second kappa shape index (κ2) is 8.02. The lowest BCUT2D eigenvalue weighted by Crippen LogP contribution is -1.89. The minimum absolute atomic E-state index is 0.334. The van der Waals surface area contributed by atoms with E-state index in [-0.39, 0.29) is 0 Å². The molecule has 3 heteroatoms. The Kier molecular flexibility index (Phi) is 4.93. The number of nitrogens with zero attached hydrogens (tertiary/aromatic N) is 1. The number of aromatic nitrogens is 1. The number of hydrogen-bond acceptors (Lipinski definition) is 3. The summed E-state index contributed by atoms with van der Waals surface area (Å²) in [6.45, 7) is 0.